The summed E-state index contributed by atoms with van der Waals surface area (Å²) in [5, 5.41) is 2.31. The number of hydrogen-bond acceptors (Lipinski definition) is 5. The molecule has 3 atom stereocenters. The van der Waals surface area contributed by atoms with E-state index in [1.807, 2.05) is 19.1 Å². The summed E-state index contributed by atoms with van der Waals surface area (Å²) in [6.07, 6.45) is 5.33. The van der Waals surface area contributed by atoms with Gasteiger partial charge in [-0.2, -0.15) is 0 Å². The fourth-order valence-electron chi connectivity index (χ4n) is 5.20. The molecule has 5 rings (SSSR count). The number of barbiturate groups is 1. The number of ether oxygens (including phenoxy) is 1. The van der Waals surface area contributed by atoms with E-state index in [0.717, 1.165) is 31.2 Å². The number of benzene rings is 2. The van der Waals surface area contributed by atoms with Gasteiger partial charge in [0.25, 0.3) is 11.8 Å². The van der Waals surface area contributed by atoms with E-state index in [0.29, 0.717) is 23.0 Å². The molecule has 1 aliphatic heterocycles. The van der Waals surface area contributed by atoms with Crippen molar-refractivity contribution in [3.63, 3.8) is 0 Å². The van der Waals surface area contributed by atoms with Crippen molar-refractivity contribution in [2.24, 2.45) is 11.8 Å². The molecule has 2 aromatic rings. The number of fused-ring (bicyclic) bond motifs is 2. The molecule has 2 saturated carbocycles. The lowest BCUT2D eigenvalue weighted by atomic mass is 9.93. The van der Waals surface area contributed by atoms with Crippen LogP contribution < -0.4 is 10.1 Å². The molecule has 1 N–H and O–H groups in total. The molecule has 2 aliphatic carbocycles. The minimum absolute atomic E-state index is 0.142. The molecule has 3 fully saturated rings. The number of hydrogen-bond donors (Lipinski definition) is 1. The lowest BCUT2D eigenvalue weighted by Gasteiger charge is -2.35. The molecule has 2 aromatic carbocycles. The van der Waals surface area contributed by atoms with Gasteiger partial charge in [-0.3, -0.25) is 19.8 Å². The van der Waals surface area contributed by atoms with E-state index >= 15 is 0 Å². The minimum Gasteiger partial charge on any atom is -0.422 e. The van der Waals surface area contributed by atoms with Gasteiger partial charge in [0.15, 0.2) is 0 Å². The number of imide groups is 2. The van der Waals surface area contributed by atoms with E-state index in [1.54, 1.807) is 36.4 Å². The van der Waals surface area contributed by atoms with Crippen molar-refractivity contribution in [1.29, 1.82) is 0 Å². The minimum atomic E-state index is -0.746. The third kappa shape index (κ3) is 3.95. The summed E-state index contributed by atoms with van der Waals surface area (Å²) in [4.78, 5) is 52.2. The van der Waals surface area contributed by atoms with Crippen LogP contribution in [0.1, 0.15) is 47.2 Å². The summed E-state index contributed by atoms with van der Waals surface area (Å²) in [6, 6.07) is 12.8. The predicted octanol–water partition coefficient (Wildman–Crippen LogP) is 3.86. The Hall–Kier alpha value is -3.74. The lowest BCUT2D eigenvalue weighted by molar-refractivity contribution is -0.132. The van der Waals surface area contributed by atoms with Gasteiger partial charge in [0.1, 0.15) is 11.3 Å². The monoisotopic (exact) mass is 444 g/mol. The number of aryl methyl sites for hydroxylation is 1. The molecule has 1 heterocycles. The van der Waals surface area contributed by atoms with E-state index in [2.05, 4.69) is 5.32 Å². The Labute approximate surface area is 191 Å². The number of carbonyl (C=O) groups is 4. The zero-order valence-corrected chi connectivity index (χ0v) is 18.2. The summed E-state index contributed by atoms with van der Waals surface area (Å²) >= 11 is 0. The summed E-state index contributed by atoms with van der Waals surface area (Å²) in [5.74, 6) is -0.835. The van der Waals surface area contributed by atoms with Gasteiger partial charge in [0.05, 0.1) is 5.56 Å². The Kier molecular flexibility index (Phi) is 5.32. The number of amides is 4. The number of urea groups is 1. The van der Waals surface area contributed by atoms with E-state index in [-0.39, 0.29) is 17.4 Å². The smallest absolute Gasteiger partial charge is 0.343 e. The summed E-state index contributed by atoms with van der Waals surface area (Å²) in [7, 11) is 0. The van der Waals surface area contributed by atoms with Crippen LogP contribution in [-0.4, -0.2) is 34.8 Å². The third-order valence-corrected chi connectivity index (χ3v) is 6.87. The van der Waals surface area contributed by atoms with Crippen LogP contribution in [0.25, 0.3) is 6.08 Å². The van der Waals surface area contributed by atoms with Crippen molar-refractivity contribution in [2.75, 3.05) is 0 Å². The van der Waals surface area contributed by atoms with Gasteiger partial charge < -0.3 is 4.74 Å². The SMILES string of the molecule is Cc1ccc(C(=O)Oc2ccccc2C=C2C(=O)NC(=O)N(C3CC4CCC3C4)C2=O)cc1. The average Bonchev–Trinajstić information content (AvgIpc) is 3.42. The first-order valence-corrected chi connectivity index (χ1v) is 11.2. The van der Waals surface area contributed by atoms with Gasteiger partial charge in [-0.05, 0) is 62.3 Å². The Morgan fingerprint density at radius 2 is 1.79 bits per heavy atom. The largest absolute Gasteiger partial charge is 0.422 e. The highest BCUT2D eigenvalue weighted by molar-refractivity contribution is 6.31. The maximum absolute atomic E-state index is 13.3. The number of para-hydroxylation sites is 1. The first-order valence-electron chi connectivity index (χ1n) is 11.2. The fourth-order valence-corrected chi connectivity index (χ4v) is 5.20. The zero-order chi connectivity index (χ0) is 23.1. The molecule has 2 bridgehead atoms. The molecule has 0 radical (unpaired) electrons. The van der Waals surface area contributed by atoms with E-state index in [4.69, 9.17) is 4.74 Å². The first kappa shape index (κ1) is 21.1. The van der Waals surface area contributed by atoms with Crippen LogP contribution in [0.15, 0.2) is 54.1 Å². The fraction of sp³-hybridized carbons (Fsp3) is 0.308. The molecule has 3 unspecified atom stereocenters. The summed E-state index contributed by atoms with van der Waals surface area (Å²) in [6.45, 7) is 1.92. The van der Waals surface area contributed by atoms with Crippen LogP contribution in [0.5, 0.6) is 5.75 Å². The number of esters is 1. The Morgan fingerprint density at radius 1 is 1.03 bits per heavy atom. The molecule has 0 aromatic heterocycles. The Morgan fingerprint density at radius 3 is 2.48 bits per heavy atom. The maximum Gasteiger partial charge on any atom is 0.343 e. The standard InChI is InChI=1S/C26H24N2O5/c1-15-6-9-17(10-7-15)25(31)33-22-5-3-2-4-19(22)14-20-23(29)27-26(32)28(24(20)30)21-13-16-8-11-18(21)12-16/h2-7,9-10,14,16,18,21H,8,11-13H2,1H3,(H,27,29,32). The lowest BCUT2D eigenvalue weighted by Crippen LogP contribution is -2.58. The first-order chi connectivity index (χ1) is 15.9. The van der Waals surface area contributed by atoms with E-state index in [9.17, 15) is 19.2 Å². The molecule has 33 heavy (non-hydrogen) atoms. The van der Waals surface area contributed by atoms with Crippen LogP contribution in [-0.2, 0) is 9.59 Å². The van der Waals surface area contributed by atoms with Crippen molar-refractivity contribution < 1.29 is 23.9 Å². The van der Waals surface area contributed by atoms with Crippen molar-refractivity contribution >= 4 is 29.9 Å². The summed E-state index contributed by atoms with van der Waals surface area (Å²) in [5.41, 5.74) is 1.67. The number of rotatable bonds is 4. The molecule has 3 aliphatic rings. The number of nitrogens with one attached hydrogen (secondary N) is 1. The van der Waals surface area contributed by atoms with Crippen molar-refractivity contribution in [1.82, 2.24) is 10.2 Å². The molecule has 168 valence electrons. The molecule has 4 amide bonds. The highest BCUT2D eigenvalue weighted by atomic mass is 16.5. The van der Waals surface area contributed by atoms with E-state index in [1.165, 1.54) is 11.0 Å². The second-order valence-corrected chi connectivity index (χ2v) is 9.03. The maximum atomic E-state index is 13.3. The normalized spacial score (nSPS) is 25.5. The van der Waals surface area contributed by atoms with Gasteiger partial charge in [-0.1, -0.05) is 42.3 Å². The highest BCUT2D eigenvalue weighted by Gasteiger charge is 2.49. The van der Waals surface area contributed by atoms with Gasteiger partial charge in [-0.15, -0.1) is 0 Å². The zero-order valence-electron chi connectivity index (χ0n) is 18.2. The van der Waals surface area contributed by atoms with Gasteiger partial charge in [0.2, 0.25) is 0 Å². The van der Waals surface area contributed by atoms with Crippen LogP contribution in [0.2, 0.25) is 0 Å². The number of nitrogens with zero attached hydrogens (tertiary/aromatic N) is 1. The Bertz CT molecular complexity index is 1180. The van der Waals surface area contributed by atoms with Crippen molar-refractivity contribution in [3.05, 3.63) is 70.8 Å². The third-order valence-electron chi connectivity index (χ3n) is 6.87. The van der Waals surface area contributed by atoms with Crippen molar-refractivity contribution in [2.45, 2.75) is 38.6 Å². The molecular formula is C26H24N2O5. The highest BCUT2D eigenvalue weighted by Crippen LogP contribution is 2.47. The van der Waals surface area contributed by atoms with Crippen molar-refractivity contribution in [3.8, 4) is 5.75 Å². The van der Waals surface area contributed by atoms with Crippen LogP contribution >= 0.6 is 0 Å². The van der Waals surface area contributed by atoms with Crippen LogP contribution in [0, 0.1) is 18.8 Å². The van der Waals surface area contributed by atoms with Crippen LogP contribution in [0.4, 0.5) is 4.79 Å². The van der Waals surface area contributed by atoms with Crippen LogP contribution in [0.3, 0.4) is 0 Å². The quantitative estimate of drug-likeness (QED) is 0.335. The topological polar surface area (TPSA) is 92.8 Å². The molecule has 1 saturated heterocycles. The van der Waals surface area contributed by atoms with Gasteiger partial charge in [0, 0.05) is 11.6 Å². The average molecular weight is 444 g/mol. The predicted molar refractivity (Wildman–Crippen MR) is 120 cm³/mol. The second-order valence-electron chi connectivity index (χ2n) is 9.03. The molecule has 0 spiro atoms. The number of carbonyl (C=O) groups excluding carboxylic acids is 4. The molecule has 7 nitrogen and oxygen atoms in total. The van der Waals surface area contributed by atoms with Gasteiger partial charge in [-0.25, -0.2) is 9.59 Å². The van der Waals surface area contributed by atoms with Gasteiger partial charge >= 0.3 is 12.0 Å². The molecule has 7 heteroatoms. The summed E-state index contributed by atoms with van der Waals surface area (Å²) < 4.78 is 5.56. The Balaban J connectivity index is 1.43. The second kappa shape index (κ2) is 8.31. The molecular weight excluding hydrogens is 420 g/mol. The van der Waals surface area contributed by atoms with E-state index < -0.39 is 23.8 Å².